The third-order valence-electron chi connectivity index (χ3n) is 3.69. The van der Waals surface area contributed by atoms with Crippen LogP contribution in [0, 0.1) is 13.8 Å². The van der Waals surface area contributed by atoms with E-state index in [-0.39, 0.29) is 0 Å². The first-order valence-electron chi connectivity index (χ1n) is 6.81. The van der Waals surface area contributed by atoms with E-state index in [2.05, 4.69) is 20.8 Å². The van der Waals surface area contributed by atoms with Gasteiger partial charge in [-0.3, -0.25) is 4.90 Å². The van der Waals surface area contributed by atoms with Crippen LogP contribution in [0.2, 0.25) is 0 Å². The zero-order chi connectivity index (χ0) is 14.8. The number of hydrogen-bond donors (Lipinski definition) is 0. The lowest BCUT2D eigenvalue weighted by Crippen LogP contribution is -2.49. The van der Waals surface area contributed by atoms with Gasteiger partial charge in [-0.1, -0.05) is 28.1 Å². The summed E-state index contributed by atoms with van der Waals surface area (Å²) in [5.74, 6) is 0. The van der Waals surface area contributed by atoms with Gasteiger partial charge in [0, 0.05) is 38.1 Å². The molecule has 2 rings (SSSR count). The molecule has 0 unspecified atom stereocenters. The highest BCUT2D eigenvalue weighted by Gasteiger charge is 2.29. The topological polar surface area (TPSA) is 40.6 Å². The second-order valence-corrected chi connectivity index (χ2v) is 7.90. The number of halogens is 1. The largest absolute Gasteiger partial charge is 0.300 e. The van der Waals surface area contributed by atoms with Crippen molar-refractivity contribution in [3.8, 4) is 0 Å². The fourth-order valence-corrected chi connectivity index (χ4v) is 4.67. The average Bonchev–Trinajstić information content (AvgIpc) is 2.42. The first kappa shape index (κ1) is 15.9. The van der Waals surface area contributed by atoms with Gasteiger partial charge in [0.05, 0.1) is 4.90 Å². The Kier molecular flexibility index (Phi) is 5.23. The summed E-state index contributed by atoms with van der Waals surface area (Å²) in [6.45, 7) is 7.49. The first-order valence-corrected chi connectivity index (χ1v) is 9.37. The molecule has 1 aliphatic heterocycles. The van der Waals surface area contributed by atoms with E-state index in [9.17, 15) is 8.42 Å². The molecule has 0 aromatic heterocycles. The van der Waals surface area contributed by atoms with E-state index in [1.54, 1.807) is 10.4 Å². The van der Waals surface area contributed by atoms with Crippen LogP contribution >= 0.6 is 15.9 Å². The highest BCUT2D eigenvalue weighted by atomic mass is 79.9. The van der Waals surface area contributed by atoms with E-state index >= 15 is 0 Å². The Morgan fingerprint density at radius 1 is 1.15 bits per heavy atom. The normalized spacial score (nSPS) is 18.4. The SMILES string of the molecule is Cc1ccc(C)c(S(=O)(=O)N2CCN(CCBr)CC2)c1. The molecule has 1 aromatic carbocycles. The summed E-state index contributed by atoms with van der Waals surface area (Å²) >= 11 is 3.42. The van der Waals surface area contributed by atoms with Crippen LogP contribution < -0.4 is 0 Å². The van der Waals surface area contributed by atoms with Crippen molar-refractivity contribution in [2.24, 2.45) is 0 Å². The van der Waals surface area contributed by atoms with E-state index in [1.165, 1.54) is 0 Å². The molecule has 20 heavy (non-hydrogen) atoms. The average molecular weight is 361 g/mol. The van der Waals surface area contributed by atoms with Crippen LogP contribution in [-0.2, 0) is 10.0 Å². The van der Waals surface area contributed by atoms with Crippen LogP contribution in [0.1, 0.15) is 11.1 Å². The Hall–Kier alpha value is -0.430. The number of piperazine rings is 1. The van der Waals surface area contributed by atoms with E-state index in [1.807, 2.05) is 26.0 Å². The molecule has 0 N–H and O–H groups in total. The summed E-state index contributed by atoms with van der Waals surface area (Å²) in [7, 11) is -3.36. The molecule has 4 nitrogen and oxygen atoms in total. The molecule has 0 amide bonds. The van der Waals surface area contributed by atoms with Gasteiger partial charge in [0.25, 0.3) is 0 Å². The monoisotopic (exact) mass is 360 g/mol. The molecule has 112 valence electrons. The fraction of sp³-hybridized carbons (Fsp3) is 0.571. The first-order chi connectivity index (χ1) is 9.45. The van der Waals surface area contributed by atoms with Gasteiger partial charge in [0.2, 0.25) is 10.0 Å². The maximum absolute atomic E-state index is 12.7. The molecular formula is C14H21BrN2O2S. The predicted molar refractivity (Wildman–Crippen MR) is 84.9 cm³/mol. The lowest BCUT2D eigenvalue weighted by atomic mass is 10.2. The number of sulfonamides is 1. The molecule has 1 fully saturated rings. The number of hydrogen-bond acceptors (Lipinski definition) is 3. The van der Waals surface area contributed by atoms with Crippen molar-refractivity contribution in [2.75, 3.05) is 38.1 Å². The molecule has 1 aliphatic rings. The summed E-state index contributed by atoms with van der Waals surface area (Å²) in [4.78, 5) is 2.73. The van der Waals surface area contributed by atoms with Crippen molar-refractivity contribution in [1.82, 2.24) is 9.21 Å². The summed E-state index contributed by atoms with van der Waals surface area (Å²) in [6, 6.07) is 5.60. The molecule has 0 aliphatic carbocycles. The van der Waals surface area contributed by atoms with Crippen LogP contribution in [0.5, 0.6) is 0 Å². The van der Waals surface area contributed by atoms with Crippen LogP contribution in [0.3, 0.4) is 0 Å². The van der Waals surface area contributed by atoms with Crippen molar-refractivity contribution < 1.29 is 8.42 Å². The van der Waals surface area contributed by atoms with Crippen molar-refractivity contribution in [3.05, 3.63) is 29.3 Å². The van der Waals surface area contributed by atoms with E-state index in [0.717, 1.165) is 36.1 Å². The minimum absolute atomic E-state index is 0.450. The van der Waals surface area contributed by atoms with Gasteiger partial charge < -0.3 is 0 Å². The third-order valence-corrected chi connectivity index (χ3v) is 6.09. The maximum Gasteiger partial charge on any atom is 0.243 e. The molecule has 1 aromatic rings. The molecule has 0 spiro atoms. The lowest BCUT2D eigenvalue weighted by molar-refractivity contribution is 0.198. The number of aryl methyl sites for hydroxylation is 2. The second-order valence-electron chi connectivity index (χ2n) is 5.20. The van der Waals surface area contributed by atoms with Crippen LogP contribution in [0.25, 0.3) is 0 Å². The van der Waals surface area contributed by atoms with Gasteiger partial charge >= 0.3 is 0 Å². The van der Waals surface area contributed by atoms with Gasteiger partial charge in [-0.05, 0) is 31.0 Å². The lowest BCUT2D eigenvalue weighted by Gasteiger charge is -2.33. The van der Waals surface area contributed by atoms with Gasteiger partial charge in [-0.25, -0.2) is 8.42 Å². The summed E-state index contributed by atoms with van der Waals surface area (Å²) < 4.78 is 27.1. The van der Waals surface area contributed by atoms with Crippen LogP contribution in [0.4, 0.5) is 0 Å². The van der Waals surface area contributed by atoms with Crippen molar-refractivity contribution in [2.45, 2.75) is 18.7 Å². The molecule has 1 saturated heterocycles. The Labute approximate surface area is 129 Å². The zero-order valence-corrected chi connectivity index (χ0v) is 14.4. The molecule has 0 radical (unpaired) electrons. The number of benzene rings is 1. The van der Waals surface area contributed by atoms with Crippen molar-refractivity contribution in [1.29, 1.82) is 0 Å². The standard InChI is InChI=1S/C14H21BrN2O2S/c1-12-3-4-13(2)14(11-12)20(18,19)17-9-7-16(6-5-15)8-10-17/h3-4,11H,5-10H2,1-2H3. The van der Waals surface area contributed by atoms with Gasteiger partial charge in [-0.2, -0.15) is 4.31 Å². The number of alkyl halides is 1. The smallest absolute Gasteiger partial charge is 0.243 e. The highest BCUT2D eigenvalue weighted by molar-refractivity contribution is 9.09. The Balaban J connectivity index is 2.18. The predicted octanol–water partition coefficient (Wildman–Crippen LogP) is 2.00. The summed E-state index contributed by atoms with van der Waals surface area (Å²) in [5.41, 5.74) is 1.80. The van der Waals surface area contributed by atoms with Crippen molar-refractivity contribution >= 4 is 26.0 Å². The number of rotatable bonds is 4. The molecule has 0 atom stereocenters. The van der Waals surface area contributed by atoms with Gasteiger partial charge in [0.15, 0.2) is 0 Å². The fourth-order valence-electron chi connectivity index (χ4n) is 2.44. The van der Waals surface area contributed by atoms with Crippen LogP contribution in [-0.4, -0.2) is 55.7 Å². The Morgan fingerprint density at radius 3 is 2.40 bits per heavy atom. The summed E-state index contributed by atoms with van der Waals surface area (Å²) in [6.07, 6.45) is 0. The second kappa shape index (κ2) is 6.56. The minimum Gasteiger partial charge on any atom is -0.300 e. The quantitative estimate of drug-likeness (QED) is 0.771. The van der Waals surface area contributed by atoms with Gasteiger partial charge in [-0.15, -0.1) is 0 Å². The number of nitrogens with zero attached hydrogens (tertiary/aromatic N) is 2. The summed E-state index contributed by atoms with van der Waals surface area (Å²) in [5, 5.41) is 0.927. The Morgan fingerprint density at radius 2 is 1.80 bits per heavy atom. The van der Waals surface area contributed by atoms with Crippen molar-refractivity contribution in [3.63, 3.8) is 0 Å². The molecule has 0 saturated carbocycles. The maximum atomic E-state index is 12.7. The van der Waals surface area contributed by atoms with Gasteiger partial charge in [0.1, 0.15) is 0 Å². The van der Waals surface area contributed by atoms with Crippen LogP contribution in [0.15, 0.2) is 23.1 Å². The highest BCUT2D eigenvalue weighted by Crippen LogP contribution is 2.22. The zero-order valence-electron chi connectivity index (χ0n) is 12.0. The van der Waals surface area contributed by atoms with E-state index < -0.39 is 10.0 Å². The minimum atomic E-state index is -3.36. The molecule has 0 bridgehead atoms. The molecule has 6 heteroatoms. The van der Waals surface area contributed by atoms with E-state index in [0.29, 0.717) is 18.0 Å². The Bertz CT molecular complexity index is 567. The molecule has 1 heterocycles. The van der Waals surface area contributed by atoms with E-state index in [4.69, 9.17) is 0 Å². The molecular weight excluding hydrogens is 340 g/mol. The third kappa shape index (κ3) is 3.42.